The largest absolute Gasteiger partial charge is 0.356 e. The fourth-order valence-electron chi connectivity index (χ4n) is 13.7. The van der Waals surface area contributed by atoms with Crippen LogP contribution in [0.25, 0.3) is 75.4 Å². The summed E-state index contributed by atoms with van der Waals surface area (Å²) in [7, 11) is -72.1. The molecular formula is C83H106O48P4S12. The van der Waals surface area contributed by atoms with Crippen molar-refractivity contribution in [1.82, 2.24) is 0 Å². The number of fused-ring (bicyclic) bond motifs is 7. The summed E-state index contributed by atoms with van der Waals surface area (Å²) in [6.45, 7) is 11.2. The van der Waals surface area contributed by atoms with Gasteiger partial charge in [0.05, 0.1) is 40.8 Å². The maximum absolute atomic E-state index is 11.5. The SMILES string of the molecule is C.C.C.C.C.C.Cc1cc(P(=O)(O)O)c2cccc(P(=O)(O)O)c2c1.Cc1cc(S(=O)(=O)O)c2cc(S(O)(O)O)cc(S(=O)(=O)O)c2c1.Cc1ccc(P(=O)(O)O)c2cc(P(=O)(O)O)ccc12.Cc1ccc(S(=O)(=O)O)c2cc(S(O)(O)O)cc(S(=O)(=O)O)c12.Cc1ccc(S(=O)(=O)O)c2cc(S(O)(O)O)ccc12.Cc1ccc2c(S(=O)(=O)O)cccc2c1S(=O)(=O)O.Cc1ccc2cc(S(O)(O)O)cc(S(=O)(=O)O)c2c1. The van der Waals surface area contributed by atoms with Gasteiger partial charge in [0.1, 0.15) is 82.6 Å². The molecule has 0 atom stereocenters. The molecule has 0 aliphatic heterocycles. The highest BCUT2D eigenvalue weighted by Gasteiger charge is 2.34. The van der Waals surface area contributed by atoms with E-state index in [2.05, 4.69) is 0 Å². The summed E-state index contributed by atoms with van der Waals surface area (Å²) >= 11 is 0. The molecule has 0 spiro atoms. The predicted molar refractivity (Wildman–Crippen MR) is 561 cm³/mol. The number of hydrogen-bond acceptors (Lipinski definition) is 32. The molecule has 0 saturated heterocycles. The molecule has 818 valence electrons. The Morgan fingerprint density at radius 3 is 0.973 bits per heavy atom. The van der Waals surface area contributed by atoms with Gasteiger partial charge in [-0.2, -0.15) is 67.3 Å². The first-order valence-corrected chi connectivity index (χ1v) is 61.3. The van der Waals surface area contributed by atoms with Crippen LogP contribution in [-0.4, -0.2) is 198 Å². The van der Waals surface area contributed by atoms with E-state index >= 15 is 0 Å². The molecule has 147 heavy (non-hydrogen) atoms. The molecule has 0 radical (unpaired) electrons. The van der Waals surface area contributed by atoms with Gasteiger partial charge in [-0.25, -0.2) is 0 Å². The smallest absolute Gasteiger partial charge is 0.321 e. The van der Waals surface area contributed by atoms with Gasteiger partial charge < -0.3 is 93.8 Å². The zero-order valence-corrected chi connectivity index (χ0v) is 85.3. The normalized spacial score (nSPS) is 13.0. The summed E-state index contributed by atoms with van der Waals surface area (Å²) in [6.07, 6.45) is 0. The Morgan fingerprint density at radius 1 is 0.197 bits per heavy atom. The van der Waals surface area contributed by atoms with Crippen molar-refractivity contribution in [1.29, 1.82) is 0 Å². The van der Waals surface area contributed by atoms with Crippen LogP contribution in [0.3, 0.4) is 0 Å². The predicted octanol–water partition coefficient (Wildman–Crippen LogP) is 17.4. The molecule has 0 aliphatic carbocycles. The lowest BCUT2D eigenvalue weighted by Gasteiger charge is -2.21. The van der Waals surface area contributed by atoms with Gasteiger partial charge in [-0.15, -0.1) is 0 Å². The molecule has 0 fully saturated rings. The summed E-state index contributed by atoms with van der Waals surface area (Å²) in [5.74, 6) is 0. The van der Waals surface area contributed by atoms with E-state index in [1.807, 2.05) is 0 Å². The maximum Gasteiger partial charge on any atom is 0.356 e. The molecule has 0 bridgehead atoms. The molecule has 48 nitrogen and oxygen atoms in total. The first kappa shape index (κ1) is 135. The first-order chi connectivity index (χ1) is 63.5. The third-order valence-corrected chi connectivity index (χ3v) is 34.6. The van der Waals surface area contributed by atoms with Crippen LogP contribution in [0.2, 0.25) is 0 Å². The van der Waals surface area contributed by atoms with Gasteiger partial charge in [0.15, 0.2) is 0 Å². The van der Waals surface area contributed by atoms with Crippen LogP contribution in [0.15, 0.2) is 259 Å². The number of aryl methyl sites for hydroxylation is 7. The van der Waals surface area contributed by atoms with Gasteiger partial charge in [0.2, 0.25) is 0 Å². The van der Waals surface area contributed by atoms with Crippen molar-refractivity contribution >= 4 is 251 Å². The van der Waals surface area contributed by atoms with E-state index in [0.29, 0.717) is 33.9 Å². The van der Waals surface area contributed by atoms with Crippen LogP contribution in [-0.2, 0) is 99.2 Å². The Kier molecular flexibility index (Phi) is 43.9. The molecule has 28 N–H and O–H groups in total. The Hall–Kier alpha value is -8.30. The molecule has 0 heterocycles. The number of hydrogen-bond donors (Lipinski definition) is 28. The first-order valence-electron chi connectivity index (χ1n) is 37.4. The molecular weight excluding hydrogens is 2270 g/mol. The lowest BCUT2D eigenvalue weighted by molar-refractivity contribution is 0.373. The lowest BCUT2D eigenvalue weighted by atomic mass is 10.1. The zero-order chi connectivity index (χ0) is 108. The molecule has 0 unspecified atom stereocenters. The Morgan fingerprint density at radius 2 is 0.524 bits per heavy atom. The van der Waals surface area contributed by atoms with E-state index in [9.17, 15) is 197 Å². The van der Waals surface area contributed by atoms with Crippen LogP contribution in [0.5, 0.6) is 0 Å². The second kappa shape index (κ2) is 47.9. The molecule has 14 aromatic rings. The summed E-state index contributed by atoms with van der Waals surface area (Å²) in [4.78, 5) is 67.3. The van der Waals surface area contributed by atoms with Crippen molar-refractivity contribution in [2.45, 2.75) is 152 Å². The highest BCUT2D eigenvalue weighted by atomic mass is 32.3. The topological polar surface area (TPSA) is 908 Å². The van der Waals surface area contributed by atoms with Gasteiger partial charge in [0.25, 0.3) is 80.9 Å². The van der Waals surface area contributed by atoms with Gasteiger partial charge in [0, 0.05) is 43.1 Å². The Bertz CT molecular complexity index is 8650. The van der Waals surface area contributed by atoms with Crippen molar-refractivity contribution < 1.29 is 216 Å². The highest BCUT2D eigenvalue weighted by Crippen LogP contribution is 2.52. The highest BCUT2D eigenvalue weighted by molar-refractivity contribution is 8.20. The minimum absolute atomic E-state index is 0. The van der Waals surface area contributed by atoms with Crippen molar-refractivity contribution in [3.63, 3.8) is 0 Å². The van der Waals surface area contributed by atoms with Crippen LogP contribution in [0.4, 0.5) is 0 Å². The number of rotatable bonds is 16. The summed E-state index contributed by atoms with van der Waals surface area (Å²) in [5, 5.41) is 0.0921. The maximum atomic E-state index is 11.5. The monoisotopic (exact) mass is 2380 g/mol. The molecule has 0 aliphatic rings. The van der Waals surface area contributed by atoms with Crippen LogP contribution in [0.1, 0.15) is 83.5 Å². The van der Waals surface area contributed by atoms with E-state index in [1.165, 1.54) is 136 Å². The minimum atomic E-state index is -4.89. The standard InChI is InChI=1S/2C11H12O9S3.2C11H12O6P2.2C11H12O6S2.C11H10O6S2.6CH4/c1-6-2-8-9(10(3-6)22(15,16)17)4-7(21(12,13)14)5-11(8)23(18,19)20;1-6-2-3-9(22(15,16)17)8-4-7(21(12,13)14)5-10(11(6)8)23(18,19)20;1-7-2-5-11(19(15,16)17)10-6-8(18(12,13)14)3-4-9(7)10;1-7-5-9-8(11(6-7)19(15,16)17)3-2-4-10(9)18(12,13)14;1-7-2-5-11(19(15,16)17)10-6-8(18(12,13)14)3-4-9(7)10;1-7-2-3-8-5-9(18(12,13)14)6-11(10(8)4-7)19(15,16)17;1-7-5-6-8-9(11(7)19(15,16)17)3-2-4-10(8)18(12,13)14;;;;;;/h2*2-5,12-14H,1H3,(H,15,16,17)(H,18,19,20);2*2-6H,1H3,(H2,12,13,14)(H2,15,16,17);2*2-6,12-14H,1H3,(H,15,16,17);2-6H,1H3,(H,12,13,14)(H,15,16,17);6*1H4. The summed E-state index contributed by atoms with van der Waals surface area (Å²) in [5.41, 5.74) is 3.60. The van der Waals surface area contributed by atoms with Crippen LogP contribution >= 0.6 is 73.9 Å². The molecule has 0 saturated carbocycles. The fraction of sp³-hybridized carbons (Fsp3) is 0.157. The Labute approximate surface area is 851 Å². The third-order valence-electron chi connectivity index (χ3n) is 19.7. The number of benzene rings is 14. The van der Waals surface area contributed by atoms with Gasteiger partial charge in [-0.05, 0) is 223 Å². The van der Waals surface area contributed by atoms with Crippen LogP contribution < -0.4 is 21.2 Å². The van der Waals surface area contributed by atoms with Crippen molar-refractivity contribution in [3.8, 4) is 0 Å². The molecule has 64 heteroatoms. The van der Waals surface area contributed by atoms with Crippen LogP contribution in [0, 0.1) is 48.5 Å². The summed E-state index contributed by atoms with van der Waals surface area (Å²) in [6, 6.07) is 41.0. The second-order valence-electron chi connectivity index (χ2n) is 30.1. The van der Waals surface area contributed by atoms with Crippen molar-refractivity contribution in [2.24, 2.45) is 0 Å². The second-order valence-corrected chi connectivity index (χ2v) is 53.6. The molecule has 0 aromatic heterocycles. The van der Waals surface area contributed by atoms with Gasteiger partial charge in [-0.1, -0.05) is 141 Å². The minimum Gasteiger partial charge on any atom is -0.321 e. The van der Waals surface area contributed by atoms with Gasteiger partial charge in [-0.3, -0.25) is 54.7 Å². The van der Waals surface area contributed by atoms with E-state index in [0.717, 1.165) is 65.2 Å². The fourth-order valence-corrected chi connectivity index (χ4v) is 25.2. The molecule has 14 aromatic carbocycles. The zero-order valence-electron chi connectivity index (χ0n) is 71.9. The van der Waals surface area contributed by atoms with Gasteiger partial charge >= 0.3 is 30.4 Å². The van der Waals surface area contributed by atoms with Crippen molar-refractivity contribution in [3.05, 3.63) is 239 Å². The Balaban J connectivity index is 0.000000576. The average molecular weight is 2380 g/mol. The molecule has 14 rings (SSSR count). The third kappa shape index (κ3) is 33.6. The lowest BCUT2D eigenvalue weighted by Crippen LogP contribution is -2.12. The van der Waals surface area contributed by atoms with E-state index < -0.39 is 205 Å². The van der Waals surface area contributed by atoms with E-state index in [-0.39, 0.29) is 151 Å². The molecule has 0 amide bonds. The summed E-state index contributed by atoms with van der Waals surface area (Å²) < 4.78 is 413. The van der Waals surface area contributed by atoms with E-state index in [1.54, 1.807) is 52.0 Å². The van der Waals surface area contributed by atoms with Crippen molar-refractivity contribution in [2.75, 3.05) is 0 Å². The quantitative estimate of drug-likeness (QED) is 0.0315. The average Bonchev–Trinajstić information content (AvgIpc) is 0.748. The van der Waals surface area contributed by atoms with E-state index in [4.69, 9.17) is 18.9 Å².